The minimum Gasteiger partial charge on any atom is -0.384 e. The van der Waals surface area contributed by atoms with Crippen LogP contribution in [0, 0.1) is 5.82 Å². The van der Waals surface area contributed by atoms with Crippen LogP contribution in [0.15, 0.2) is 24.3 Å². The molecule has 1 atom stereocenters. The fourth-order valence-corrected chi connectivity index (χ4v) is 1.35. The van der Waals surface area contributed by atoms with Crippen molar-refractivity contribution in [2.24, 2.45) is 0 Å². The van der Waals surface area contributed by atoms with E-state index >= 15 is 0 Å². The normalized spacial score (nSPS) is 15.4. The van der Waals surface area contributed by atoms with E-state index in [0.717, 1.165) is 0 Å². The zero-order chi connectivity index (χ0) is 15.1. The van der Waals surface area contributed by atoms with Crippen molar-refractivity contribution in [3.05, 3.63) is 35.6 Å². The summed E-state index contributed by atoms with van der Waals surface area (Å²) in [5.41, 5.74) is -6.88. The largest absolute Gasteiger partial charge is 0.434 e. The predicted molar refractivity (Wildman–Crippen MR) is 47.3 cm³/mol. The average molecular weight is 294 g/mol. The molecular formula is C10H6F8O. The number of aliphatic hydroxyl groups excluding tert-OH is 1. The molecular weight excluding hydrogens is 288 g/mol. The number of aliphatic hydroxyl groups is 1. The van der Waals surface area contributed by atoms with Gasteiger partial charge in [0.15, 0.2) is 0 Å². The monoisotopic (exact) mass is 294 g/mol. The van der Waals surface area contributed by atoms with Gasteiger partial charge < -0.3 is 5.11 Å². The third-order valence-electron chi connectivity index (χ3n) is 2.39. The van der Waals surface area contributed by atoms with Crippen LogP contribution in [0.4, 0.5) is 35.1 Å². The third kappa shape index (κ3) is 2.65. The van der Waals surface area contributed by atoms with E-state index in [-0.39, 0.29) is 0 Å². The first-order valence-corrected chi connectivity index (χ1v) is 4.67. The van der Waals surface area contributed by atoms with Gasteiger partial charge in [-0.1, -0.05) is 12.1 Å². The Balaban J connectivity index is 3.31. The summed E-state index contributed by atoms with van der Waals surface area (Å²) in [6.45, 7) is 0. The van der Waals surface area contributed by atoms with Crippen LogP contribution in [0.3, 0.4) is 0 Å². The van der Waals surface area contributed by atoms with Gasteiger partial charge in [0.1, 0.15) is 11.9 Å². The van der Waals surface area contributed by atoms with Crippen LogP contribution in [0.5, 0.6) is 0 Å². The second-order valence-electron chi connectivity index (χ2n) is 3.66. The molecule has 0 spiro atoms. The maximum Gasteiger partial charge on any atom is 0.434 e. The molecule has 1 rings (SSSR count). The van der Waals surface area contributed by atoms with E-state index in [1.807, 2.05) is 0 Å². The number of hydrogen-bond donors (Lipinski definition) is 1. The van der Waals surface area contributed by atoms with Crippen LogP contribution < -0.4 is 0 Å². The molecule has 0 heterocycles. The van der Waals surface area contributed by atoms with Crippen molar-refractivity contribution >= 4 is 0 Å². The van der Waals surface area contributed by atoms with Crippen LogP contribution in [0.2, 0.25) is 0 Å². The summed E-state index contributed by atoms with van der Waals surface area (Å²) in [6.07, 6.45) is -16.3. The van der Waals surface area contributed by atoms with Crippen LogP contribution in [-0.2, 0) is 0 Å². The Kier molecular flexibility index (Phi) is 3.81. The number of alkyl halides is 7. The summed E-state index contributed by atoms with van der Waals surface area (Å²) in [6, 6.07) is 1.88. The van der Waals surface area contributed by atoms with Crippen molar-refractivity contribution in [3.63, 3.8) is 0 Å². The molecule has 0 aliphatic heterocycles. The molecule has 0 radical (unpaired) electrons. The Morgan fingerprint density at radius 3 is 1.47 bits per heavy atom. The summed E-state index contributed by atoms with van der Waals surface area (Å²) in [5, 5.41) is 9.06. The molecule has 1 unspecified atom stereocenters. The molecule has 0 saturated carbocycles. The molecule has 0 fully saturated rings. The number of rotatable bonds is 2. The average Bonchev–Trinajstić information content (AvgIpc) is 2.25. The fourth-order valence-electron chi connectivity index (χ4n) is 1.35. The molecule has 1 nitrogen and oxygen atoms in total. The summed E-state index contributed by atoms with van der Waals surface area (Å²) < 4.78 is 99.6. The van der Waals surface area contributed by atoms with Gasteiger partial charge in [-0.05, 0) is 17.7 Å². The zero-order valence-electron chi connectivity index (χ0n) is 8.86. The summed E-state index contributed by atoms with van der Waals surface area (Å²) in [7, 11) is 0. The second kappa shape index (κ2) is 4.62. The van der Waals surface area contributed by atoms with Crippen LogP contribution >= 0.6 is 0 Å². The maximum atomic E-state index is 13.4. The van der Waals surface area contributed by atoms with Gasteiger partial charge in [0.05, 0.1) is 0 Å². The molecule has 0 aliphatic carbocycles. The molecule has 0 saturated heterocycles. The Morgan fingerprint density at radius 2 is 1.16 bits per heavy atom. The van der Waals surface area contributed by atoms with Gasteiger partial charge in [-0.15, -0.1) is 0 Å². The molecule has 9 heteroatoms. The standard InChI is InChI=1S/C10H6F8O/c11-6-3-1-5(2-4-6)7(19)8(12,9(13,14)15)10(16,17)18/h1-4,7,19H. The highest BCUT2D eigenvalue weighted by atomic mass is 19.4. The SMILES string of the molecule is OC(c1ccc(F)cc1)C(F)(C(F)(F)F)C(F)(F)F. The summed E-state index contributed by atoms with van der Waals surface area (Å²) >= 11 is 0. The highest BCUT2D eigenvalue weighted by Gasteiger charge is 2.76. The lowest BCUT2D eigenvalue weighted by atomic mass is 9.91. The summed E-state index contributed by atoms with van der Waals surface area (Å²) in [5.74, 6) is -0.959. The smallest absolute Gasteiger partial charge is 0.384 e. The number of hydrogen-bond acceptors (Lipinski definition) is 1. The minimum atomic E-state index is -6.38. The van der Waals surface area contributed by atoms with Crippen molar-refractivity contribution in [3.8, 4) is 0 Å². The van der Waals surface area contributed by atoms with Crippen LogP contribution in [0.1, 0.15) is 11.7 Å². The first-order chi connectivity index (χ1) is 8.41. The Morgan fingerprint density at radius 1 is 0.789 bits per heavy atom. The van der Waals surface area contributed by atoms with E-state index in [1.54, 1.807) is 0 Å². The highest BCUT2D eigenvalue weighted by Crippen LogP contribution is 2.52. The first kappa shape index (κ1) is 15.7. The Labute approximate surface area is 101 Å². The van der Waals surface area contributed by atoms with Crippen molar-refractivity contribution < 1.29 is 40.2 Å². The predicted octanol–water partition coefficient (Wildman–Crippen LogP) is 3.69. The van der Waals surface area contributed by atoms with E-state index in [0.29, 0.717) is 24.3 Å². The van der Waals surface area contributed by atoms with Gasteiger partial charge in [0, 0.05) is 0 Å². The third-order valence-corrected chi connectivity index (χ3v) is 2.39. The van der Waals surface area contributed by atoms with Gasteiger partial charge in [-0.2, -0.15) is 26.3 Å². The molecule has 1 aromatic rings. The molecule has 0 amide bonds. The molecule has 0 aromatic heterocycles. The quantitative estimate of drug-likeness (QED) is 0.825. The summed E-state index contributed by atoms with van der Waals surface area (Å²) in [4.78, 5) is 0. The van der Waals surface area contributed by atoms with Crippen molar-refractivity contribution in [2.45, 2.75) is 24.1 Å². The van der Waals surface area contributed by atoms with Gasteiger partial charge in [0.25, 0.3) is 0 Å². The topological polar surface area (TPSA) is 20.2 Å². The lowest BCUT2D eigenvalue weighted by molar-refractivity contribution is -0.366. The Bertz CT molecular complexity index is 418. The van der Waals surface area contributed by atoms with Crippen LogP contribution in [-0.4, -0.2) is 23.1 Å². The number of benzene rings is 1. The molecule has 0 bridgehead atoms. The van der Waals surface area contributed by atoms with E-state index in [9.17, 15) is 35.1 Å². The van der Waals surface area contributed by atoms with Crippen molar-refractivity contribution in [2.75, 3.05) is 0 Å². The van der Waals surface area contributed by atoms with Crippen LogP contribution in [0.25, 0.3) is 0 Å². The van der Waals surface area contributed by atoms with Gasteiger partial charge in [-0.3, -0.25) is 0 Å². The maximum absolute atomic E-state index is 13.4. The molecule has 19 heavy (non-hydrogen) atoms. The van der Waals surface area contributed by atoms with Gasteiger partial charge in [-0.25, -0.2) is 8.78 Å². The Hall–Kier alpha value is -1.38. The lowest BCUT2D eigenvalue weighted by Crippen LogP contribution is -2.57. The highest BCUT2D eigenvalue weighted by molar-refractivity contribution is 5.23. The zero-order valence-corrected chi connectivity index (χ0v) is 8.86. The lowest BCUT2D eigenvalue weighted by Gasteiger charge is -2.33. The molecule has 1 aromatic carbocycles. The molecule has 108 valence electrons. The first-order valence-electron chi connectivity index (χ1n) is 4.67. The van der Waals surface area contributed by atoms with Crippen molar-refractivity contribution in [1.29, 1.82) is 0 Å². The van der Waals surface area contributed by atoms with Gasteiger partial charge in [0.2, 0.25) is 0 Å². The van der Waals surface area contributed by atoms with E-state index in [1.165, 1.54) is 0 Å². The van der Waals surface area contributed by atoms with Crippen molar-refractivity contribution in [1.82, 2.24) is 0 Å². The fraction of sp³-hybridized carbons (Fsp3) is 0.400. The van der Waals surface area contributed by atoms with E-state index in [4.69, 9.17) is 5.11 Å². The number of halogens is 8. The van der Waals surface area contributed by atoms with E-state index < -0.39 is 35.5 Å². The second-order valence-corrected chi connectivity index (χ2v) is 3.66. The van der Waals surface area contributed by atoms with E-state index in [2.05, 4.69) is 0 Å². The molecule has 0 aliphatic rings. The minimum absolute atomic E-state index is 0.436. The molecule has 1 N–H and O–H groups in total. The van der Waals surface area contributed by atoms with Gasteiger partial charge >= 0.3 is 18.0 Å².